The molecule has 1 N–H and O–H groups in total. The molecular formula is C11H15NO4S. The summed E-state index contributed by atoms with van der Waals surface area (Å²) in [7, 11) is -3.34. The number of carbonyl (C=O) groups is 1. The molecule has 94 valence electrons. The molecular weight excluding hydrogens is 242 g/mol. The van der Waals surface area contributed by atoms with Crippen LogP contribution in [0.4, 0.5) is 5.69 Å². The van der Waals surface area contributed by atoms with Crippen molar-refractivity contribution in [1.29, 1.82) is 0 Å². The van der Waals surface area contributed by atoms with Gasteiger partial charge in [0.05, 0.1) is 18.4 Å². The lowest BCUT2D eigenvalue weighted by molar-refractivity contribution is 0.0505. The number of nitrogens with one attached hydrogen (secondary N) is 1. The van der Waals surface area contributed by atoms with Gasteiger partial charge in [-0.3, -0.25) is 4.72 Å². The molecule has 0 aliphatic rings. The molecule has 6 heteroatoms. The number of carbonyl (C=O) groups excluding carboxylic acids is 1. The Bertz CT molecular complexity index is 496. The van der Waals surface area contributed by atoms with E-state index in [0.29, 0.717) is 17.9 Å². The van der Waals surface area contributed by atoms with E-state index in [1.54, 1.807) is 18.2 Å². The second kappa shape index (κ2) is 5.67. The van der Waals surface area contributed by atoms with Gasteiger partial charge in [-0.2, -0.15) is 0 Å². The van der Waals surface area contributed by atoms with E-state index in [1.165, 1.54) is 6.07 Å². The summed E-state index contributed by atoms with van der Waals surface area (Å²) in [6.45, 7) is 2.25. The smallest absolute Gasteiger partial charge is 0.338 e. The maximum Gasteiger partial charge on any atom is 0.338 e. The Labute approximate surface area is 101 Å². The van der Waals surface area contributed by atoms with Crippen LogP contribution in [-0.4, -0.2) is 27.2 Å². The summed E-state index contributed by atoms with van der Waals surface area (Å²) in [6.07, 6.45) is 1.79. The molecule has 5 nitrogen and oxygen atoms in total. The third-order valence-electron chi connectivity index (χ3n) is 1.84. The number of rotatable bonds is 5. The number of hydrogen-bond acceptors (Lipinski definition) is 4. The van der Waals surface area contributed by atoms with Crippen molar-refractivity contribution < 1.29 is 17.9 Å². The SMILES string of the molecule is CCCOC(=O)c1cccc(NS(C)(=O)=O)c1. The van der Waals surface area contributed by atoms with Crippen LogP contribution >= 0.6 is 0 Å². The first-order valence-electron chi connectivity index (χ1n) is 5.17. The highest BCUT2D eigenvalue weighted by Crippen LogP contribution is 2.12. The summed E-state index contributed by atoms with van der Waals surface area (Å²) in [4.78, 5) is 11.5. The zero-order valence-corrected chi connectivity index (χ0v) is 10.6. The van der Waals surface area contributed by atoms with E-state index in [9.17, 15) is 13.2 Å². The van der Waals surface area contributed by atoms with Gasteiger partial charge in [0.1, 0.15) is 0 Å². The Kier molecular flexibility index (Phi) is 4.51. The zero-order valence-electron chi connectivity index (χ0n) is 9.76. The molecule has 1 aromatic carbocycles. The van der Waals surface area contributed by atoms with E-state index in [2.05, 4.69) is 4.72 Å². The van der Waals surface area contributed by atoms with Crippen molar-refractivity contribution in [3.63, 3.8) is 0 Å². The molecule has 0 fully saturated rings. The molecule has 0 atom stereocenters. The lowest BCUT2D eigenvalue weighted by atomic mass is 10.2. The van der Waals surface area contributed by atoms with Crippen LogP contribution in [0.3, 0.4) is 0 Å². The first-order chi connectivity index (χ1) is 7.92. The van der Waals surface area contributed by atoms with E-state index in [-0.39, 0.29) is 0 Å². The standard InChI is InChI=1S/C11H15NO4S/c1-3-7-16-11(13)9-5-4-6-10(8-9)12-17(2,14)15/h4-6,8,12H,3,7H2,1-2H3. The normalized spacial score (nSPS) is 10.9. The fraction of sp³-hybridized carbons (Fsp3) is 0.364. The van der Waals surface area contributed by atoms with E-state index in [1.807, 2.05) is 6.92 Å². The zero-order chi connectivity index (χ0) is 12.9. The minimum Gasteiger partial charge on any atom is -0.462 e. The van der Waals surface area contributed by atoms with Crippen LogP contribution in [-0.2, 0) is 14.8 Å². The van der Waals surface area contributed by atoms with Gasteiger partial charge < -0.3 is 4.74 Å². The topological polar surface area (TPSA) is 72.5 Å². The summed E-state index contributed by atoms with van der Waals surface area (Å²) < 4.78 is 29.3. The molecule has 0 amide bonds. The third-order valence-corrected chi connectivity index (χ3v) is 2.45. The van der Waals surface area contributed by atoms with Crippen molar-refractivity contribution in [2.45, 2.75) is 13.3 Å². The van der Waals surface area contributed by atoms with Crippen LogP contribution in [0.1, 0.15) is 23.7 Å². The molecule has 0 radical (unpaired) electrons. The largest absolute Gasteiger partial charge is 0.462 e. The Balaban J connectivity index is 2.82. The van der Waals surface area contributed by atoms with Crippen molar-refractivity contribution >= 4 is 21.7 Å². The molecule has 0 aliphatic heterocycles. The molecule has 0 unspecified atom stereocenters. The quantitative estimate of drug-likeness (QED) is 0.814. The first kappa shape index (κ1) is 13.5. The van der Waals surface area contributed by atoms with Crippen molar-refractivity contribution in [2.75, 3.05) is 17.6 Å². The summed E-state index contributed by atoms with van der Waals surface area (Å²) in [6, 6.07) is 6.18. The van der Waals surface area contributed by atoms with Crippen LogP contribution in [0.25, 0.3) is 0 Å². The van der Waals surface area contributed by atoms with Crippen LogP contribution in [0.15, 0.2) is 24.3 Å². The highest BCUT2D eigenvalue weighted by atomic mass is 32.2. The predicted octanol–water partition coefficient (Wildman–Crippen LogP) is 1.62. The van der Waals surface area contributed by atoms with Crippen molar-refractivity contribution in [1.82, 2.24) is 0 Å². The molecule has 0 spiro atoms. The average molecular weight is 257 g/mol. The average Bonchev–Trinajstić information content (AvgIpc) is 2.24. The Morgan fingerprint density at radius 1 is 1.41 bits per heavy atom. The molecule has 0 heterocycles. The lowest BCUT2D eigenvalue weighted by Crippen LogP contribution is -2.11. The van der Waals surface area contributed by atoms with Gasteiger partial charge in [-0.05, 0) is 24.6 Å². The molecule has 0 bridgehead atoms. The fourth-order valence-corrected chi connectivity index (χ4v) is 1.76. The van der Waals surface area contributed by atoms with Crippen LogP contribution in [0, 0.1) is 0 Å². The van der Waals surface area contributed by atoms with Gasteiger partial charge in [0.25, 0.3) is 0 Å². The van der Waals surface area contributed by atoms with Crippen LogP contribution in [0.5, 0.6) is 0 Å². The van der Waals surface area contributed by atoms with Gasteiger partial charge in [0.2, 0.25) is 10.0 Å². The van der Waals surface area contributed by atoms with Gasteiger partial charge in [-0.1, -0.05) is 13.0 Å². The van der Waals surface area contributed by atoms with Crippen molar-refractivity contribution in [3.05, 3.63) is 29.8 Å². The Morgan fingerprint density at radius 3 is 2.71 bits per heavy atom. The highest BCUT2D eigenvalue weighted by molar-refractivity contribution is 7.92. The summed E-state index contributed by atoms with van der Waals surface area (Å²) in [5.41, 5.74) is 0.672. The molecule has 1 aromatic rings. The van der Waals surface area contributed by atoms with Crippen LogP contribution < -0.4 is 4.72 Å². The van der Waals surface area contributed by atoms with Gasteiger partial charge in [-0.15, -0.1) is 0 Å². The highest BCUT2D eigenvalue weighted by Gasteiger charge is 2.08. The monoisotopic (exact) mass is 257 g/mol. The Hall–Kier alpha value is -1.56. The van der Waals surface area contributed by atoms with Gasteiger partial charge in [-0.25, -0.2) is 13.2 Å². The second-order valence-corrected chi connectivity index (χ2v) is 5.34. The maximum absolute atomic E-state index is 11.5. The minimum absolute atomic E-state index is 0.326. The summed E-state index contributed by atoms with van der Waals surface area (Å²) in [5.74, 6) is -0.455. The van der Waals surface area contributed by atoms with Crippen molar-refractivity contribution in [3.8, 4) is 0 Å². The van der Waals surface area contributed by atoms with Gasteiger partial charge >= 0.3 is 5.97 Å². The summed E-state index contributed by atoms with van der Waals surface area (Å²) >= 11 is 0. The molecule has 0 aromatic heterocycles. The number of hydrogen-bond donors (Lipinski definition) is 1. The maximum atomic E-state index is 11.5. The van der Waals surface area contributed by atoms with Crippen LogP contribution in [0.2, 0.25) is 0 Å². The van der Waals surface area contributed by atoms with E-state index < -0.39 is 16.0 Å². The Morgan fingerprint density at radius 2 is 2.12 bits per heavy atom. The van der Waals surface area contributed by atoms with E-state index in [4.69, 9.17) is 4.74 Å². The molecule has 0 saturated heterocycles. The first-order valence-corrected chi connectivity index (χ1v) is 7.06. The van der Waals surface area contributed by atoms with Gasteiger partial charge in [0, 0.05) is 5.69 Å². The minimum atomic E-state index is -3.34. The molecule has 0 saturated carbocycles. The number of esters is 1. The number of sulfonamides is 1. The number of anilines is 1. The fourth-order valence-electron chi connectivity index (χ4n) is 1.20. The molecule has 1 rings (SSSR count). The number of benzene rings is 1. The second-order valence-electron chi connectivity index (χ2n) is 3.59. The predicted molar refractivity (Wildman–Crippen MR) is 65.5 cm³/mol. The third kappa shape index (κ3) is 4.86. The lowest BCUT2D eigenvalue weighted by Gasteiger charge is -2.06. The van der Waals surface area contributed by atoms with Crippen molar-refractivity contribution in [2.24, 2.45) is 0 Å². The molecule has 17 heavy (non-hydrogen) atoms. The van der Waals surface area contributed by atoms with Gasteiger partial charge in [0.15, 0.2) is 0 Å². The summed E-state index contributed by atoms with van der Waals surface area (Å²) in [5, 5.41) is 0. The number of ether oxygens (including phenoxy) is 1. The van der Waals surface area contributed by atoms with E-state index >= 15 is 0 Å². The molecule has 0 aliphatic carbocycles. The van der Waals surface area contributed by atoms with E-state index in [0.717, 1.165) is 12.7 Å².